The third-order valence-electron chi connectivity index (χ3n) is 3.47. The Balaban J connectivity index is 1.77. The Morgan fingerprint density at radius 2 is 2.00 bits per heavy atom. The van der Waals surface area contributed by atoms with E-state index in [1.165, 1.54) is 0 Å². The summed E-state index contributed by atoms with van der Waals surface area (Å²) in [6.45, 7) is 3.18. The summed E-state index contributed by atoms with van der Waals surface area (Å²) in [5.41, 5.74) is 2.78. The normalized spacial score (nSPS) is 13.9. The van der Waals surface area contributed by atoms with Crippen molar-refractivity contribution in [1.29, 1.82) is 0 Å². The van der Waals surface area contributed by atoms with Crippen LogP contribution in [0.2, 0.25) is 5.02 Å². The predicted octanol–water partition coefficient (Wildman–Crippen LogP) is 3.94. The zero-order valence-electron chi connectivity index (χ0n) is 12.2. The Bertz CT molecular complexity index is 725. The molecule has 0 bridgehead atoms. The molecule has 4 nitrogen and oxygen atoms in total. The molecular weight excluding hydrogens is 298 g/mol. The molecule has 0 radical (unpaired) electrons. The van der Waals surface area contributed by atoms with Gasteiger partial charge in [-0.3, -0.25) is 9.89 Å². The molecule has 1 N–H and O–H groups in total. The van der Waals surface area contributed by atoms with Crippen LogP contribution in [0.3, 0.4) is 0 Å². The number of nitrogens with zero attached hydrogens (tertiary/aromatic N) is 2. The van der Waals surface area contributed by atoms with Crippen molar-refractivity contribution in [3.63, 3.8) is 0 Å². The van der Waals surface area contributed by atoms with E-state index >= 15 is 0 Å². The minimum atomic E-state index is -0.180. The number of urea groups is 1. The highest BCUT2D eigenvalue weighted by Gasteiger charge is 2.24. The number of aryl methyl sites for hydroxylation is 1. The average molecular weight is 314 g/mol. The molecular formula is C17H16ClN3O. The van der Waals surface area contributed by atoms with Crippen LogP contribution in [-0.2, 0) is 0 Å². The molecule has 1 heterocycles. The highest BCUT2D eigenvalue weighted by molar-refractivity contribution is 6.31. The number of amidine groups is 1. The minimum Gasteiger partial charge on any atom is -0.308 e. The number of anilines is 1. The Kier molecular flexibility index (Phi) is 4.11. The quantitative estimate of drug-likeness (QED) is 0.896. The first kappa shape index (κ1) is 14.6. The second-order valence-corrected chi connectivity index (χ2v) is 5.60. The van der Waals surface area contributed by atoms with Gasteiger partial charge in [0.2, 0.25) is 0 Å². The monoisotopic (exact) mass is 313 g/mol. The third-order valence-corrected chi connectivity index (χ3v) is 3.71. The highest BCUT2D eigenvalue weighted by atomic mass is 35.5. The second-order valence-electron chi connectivity index (χ2n) is 5.16. The Labute approximate surface area is 134 Å². The maximum atomic E-state index is 12.5. The van der Waals surface area contributed by atoms with E-state index in [0.717, 1.165) is 16.8 Å². The van der Waals surface area contributed by atoms with Gasteiger partial charge in [0.1, 0.15) is 5.84 Å². The Hall–Kier alpha value is -2.33. The zero-order chi connectivity index (χ0) is 15.5. The van der Waals surface area contributed by atoms with Crippen molar-refractivity contribution in [3.05, 3.63) is 64.7 Å². The van der Waals surface area contributed by atoms with E-state index in [1.807, 2.05) is 49.4 Å². The van der Waals surface area contributed by atoms with E-state index in [0.29, 0.717) is 23.9 Å². The smallest absolute Gasteiger partial charge is 0.308 e. The molecule has 112 valence electrons. The summed E-state index contributed by atoms with van der Waals surface area (Å²) in [5.74, 6) is 0.659. The van der Waals surface area contributed by atoms with Crippen LogP contribution < -0.4 is 5.32 Å². The van der Waals surface area contributed by atoms with Crippen LogP contribution >= 0.6 is 11.6 Å². The molecule has 0 saturated heterocycles. The highest BCUT2D eigenvalue weighted by Crippen LogP contribution is 2.17. The maximum Gasteiger partial charge on any atom is 0.327 e. The number of nitrogens with one attached hydrogen (secondary N) is 1. The summed E-state index contributed by atoms with van der Waals surface area (Å²) < 4.78 is 0. The fourth-order valence-corrected chi connectivity index (χ4v) is 2.54. The van der Waals surface area contributed by atoms with Crippen molar-refractivity contribution < 1.29 is 4.79 Å². The average Bonchev–Trinajstić information content (AvgIpc) is 2.99. The van der Waals surface area contributed by atoms with Crippen molar-refractivity contribution in [1.82, 2.24) is 4.90 Å². The first-order valence-corrected chi connectivity index (χ1v) is 7.47. The van der Waals surface area contributed by atoms with Gasteiger partial charge in [-0.05, 0) is 31.2 Å². The summed E-state index contributed by atoms with van der Waals surface area (Å²) in [6.07, 6.45) is 0. The minimum absolute atomic E-state index is 0.180. The van der Waals surface area contributed by atoms with Gasteiger partial charge in [-0.2, -0.15) is 0 Å². The number of amides is 2. The van der Waals surface area contributed by atoms with Gasteiger partial charge in [0.15, 0.2) is 0 Å². The molecule has 2 aromatic carbocycles. The first-order chi connectivity index (χ1) is 10.6. The van der Waals surface area contributed by atoms with Crippen LogP contribution in [0.1, 0.15) is 11.1 Å². The molecule has 2 aromatic rings. The van der Waals surface area contributed by atoms with Crippen molar-refractivity contribution >= 4 is 29.2 Å². The number of carbonyl (C=O) groups is 1. The van der Waals surface area contributed by atoms with Gasteiger partial charge in [-0.25, -0.2) is 4.79 Å². The fourth-order valence-electron chi connectivity index (χ4n) is 2.35. The summed E-state index contributed by atoms with van der Waals surface area (Å²) >= 11 is 6.02. The Morgan fingerprint density at radius 3 is 2.73 bits per heavy atom. The number of carbonyl (C=O) groups excluding carboxylic acids is 1. The number of benzene rings is 2. The zero-order valence-corrected chi connectivity index (χ0v) is 13.0. The van der Waals surface area contributed by atoms with Crippen molar-refractivity contribution in [3.8, 4) is 0 Å². The van der Waals surface area contributed by atoms with Crippen LogP contribution in [0.4, 0.5) is 10.5 Å². The van der Waals surface area contributed by atoms with Crippen LogP contribution in [0.5, 0.6) is 0 Å². The maximum absolute atomic E-state index is 12.5. The molecule has 1 aliphatic heterocycles. The molecule has 0 saturated carbocycles. The lowest BCUT2D eigenvalue weighted by molar-refractivity contribution is 0.236. The lowest BCUT2D eigenvalue weighted by atomic mass is 10.2. The molecule has 0 aliphatic carbocycles. The molecule has 22 heavy (non-hydrogen) atoms. The first-order valence-electron chi connectivity index (χ1n) is 7.09. The van der Waals surface area contributed by atoms with E-state index in [-0.39, 0.29) is 6.03 Å². The molecule has 3 rings (SSSR count). The van der Waals surface area contributed by atoms with Crippen molar-refractivity contribution in [2.75, 3.05) is 18.4 Å². The van der Waals surface area contributed by atoms with Crippen molar-refractivity contribution in [2.24, 2.45) is 4.99 Å². The van der Waals surface area contributed by atoms with Gasteiger partial charge >= 0.3 is 6.03 Å². The predicted molar refractivity (Wildman–Crippen MR) is 89.8 cm³/mol. The number of rotatable bonds is 2. The summed E-state index contributed by atoms with van der Waals surface area (Å²) in [4.78, 5) is 18.5. The van der Waals surface area contributed by atoms with Crippen LogP contribution in [0, 0.1) is 6.92 Å². The molecule has 0 spiro atoms. The van der Waals surface area contributed by atoms with Gasteiger partial charge in [0.05, 0.1) is 6.54 Å². The lowest BCUT2D eigenvalue weighted by Gasteiger charge is -2.19. The fraction of sp³-hybridized carbons (Fsp3) is 0.176. The Morgan fingerprint density at radius 1 is 1.23 bits per heavy atom. The van der Waals surface area contributed by atoms with Gasteiger partial charge in [-0.1, -0.05) is 41.4 Å². The van der Waals surface area contributed by atoms with Crippen LogP contribution in [0.15, 0.2) is 53.5 Å². The summed E-state index contributed by atoms with van der Waals surface area (Å²) in [7, 11) is 0. The molecule has 5 heteroatoms. The molecule has 0 fully saturated rings. The van der Waals surface area contributed by atoms with Crippen molar-refractivity contribution in [2.45, 2.75) is 6.92 Å². The third kappa shape index (κ3) is 3.12. The van der Waals surface area contributed by atoms with E-state index in [2.05, 4.69) is 10.3 Å². The molecule has 0 aromatic heterocycles. The number of hydrogen-bond acceptors (Lipinski definition) is 2. The van der Waals surface area contributed by atoms with E-state index in [1.54, 1.807) is 11.0 Å². The van der Waals surface area contributed by atoms with Gasteiger partial charge in [-0.15, -0.1) is 0 Å². The van der Waals surface area contributed by atoms with Crippen LogP contribution in [-0.4, -0.2) is 29.9 Å². The standard InChI is InChI=1S/C17H16ClN3O/c1-12-5-7-15(8-6-12)20-17(22)21-10-9-19-16(21)13-3-2-4-14(18)11-13/h2-8,11H,9-10H2,1H3,(H,20,22). The summed E-state index contributed by atoms with van der Waals surface area (Å²) in [5, 5.41) is 3.53. The largest absolute Gasteiger partial charge is 0.327 e. The topological polar surface area (TPSA) is 44.7 Å². The van der Waals surface area contributed by atoms with Gasteiger partial charge < -0.3 is 5.32 Å². The number of halogens is 1. The SMILES string of the molecule is Cc1ccc(NC(=O)N2CCN=C2c2cccc(Cl)c2)cc1. The lowest BCUT2D eigenvalue weighted by Crippen LogP contribution is -2.38. The van der Waals surface area contributed by atoms with Gasteiger partial charge in [0.25, 0.3) is 0 Å². The van der Waals surface area contributed by atoms with Gasteiger partial charge in [0, 0.05) is 22.8 Å². The number of hydrogen-bond donors (Lipinski definition) is 1. The van der Waals surface area contributed by atoms with Crippen LogP contribution in [0.25, 0.3) is 0 Å². The molecule has 2 amide bonds. The number of aliphatic imine (C=N–C) groups is 1. The second kappa shape index (κ2) is 6.20. The molecule has 0 unspecified atom stereocenters. The molecule has 0 atom stereocenters. The summed E-state index contributed by atoms with van der Waals surface area (Å²) in [6, 6.07) is 14.9. The van der Waals surface area contributed by atoms with E-state index < -0.39 is 0 Å². The molecule has 1 aliphatic rings. The van der Waals surface area contributed by atoms with E-state index in [9.17, 15) is 4.79 Å². The van der Waals surface area contributed by atoms with E-state index in [4.69, 9.17) is 11.6 Å².